The first-order valence-corrected chi connectivity index (χ1v) is 11.8. The van der Waals surface area contributed by atoms with Gasteiger partial charge in [-0.1, -0.05) is 35.9 Å². The summed E-state index contributed by atoms with van der Waals surface area (Å²) in [5.74, 6) is -2.04. The normalized spacial score (nSPS) is 15.0. The molecule has 12 heteroatoms. The summed E-state index contributed by atoms with van der Waals surface area (Å²) in [7, 11) is 0. The largest absolute Gasteiger partial charge is 0.480 e. The predicted molar refractivity (Wildman–Crippen MR) is 119 cm³/mol. The Morgan fingerprint density at radius 3 is 2.55 bits per heavy atom. The Morgan fingerprint density at radius 1 is 1.27 bits per heavy atom. The summed E-state index contributed by atoms with van der Waals surface area (Å²) in [5.41, 5.74) is -1.65. The van der Waals surface area contributed by atoms with E-state index in [2.05, 4.69) is 10.3 Å². The molecule has 0 unspecified atom stereocenters. The molecule has 180 valence electrons. The summed E-state index contributed by atoms with van der Waals surface area (Å²) in [5, 5.41) is 11.9. The smallest absolute Gasteiger partial charge is 0.418 e. The zero-order valence-electron chi connectivity index (χ0n) is 17.9. The first kappa shape index (κ1) is 25.3. The number of alkyl halides is 3. The molecule has 0 radical (unpaired) electrons. The molecule has 1 aromatic carbocycles. The molecule has 1 aliphatic carbocycles. The van der Waals surface area contributed by atoms with Crippen molar-refractivity contribution in [3.8, 4) is 0 Å². The number of carbonyl (C=O) groups excluding carboxylic acids is 1. The fraction of sp³-hybridized carbons (Fsp3) is 0.476. The van der Waals surface area contributed by atoms with Gasteiger partial charge in [0.25, 0.3) is 0 Å². The van der Waals surface area contributed by atoms with Gasteiger partial charge in [0.15, 0.2) is 5.13 Å². The molecule has 1 aromatic heterocycles. The number of hydrogen-bond donors (Lipinski definition) is 2. The Labute approximate surface area is 196 Å². The van der Waals surface area contributed by atoms with Crippen molar-refractivity contribution in [1.29, 1.82) is 0 Å². The van der Waals surface area contributed by atoms with Crippen LogP contribution in [0.3, 0.4) is 0 Å². The van der Waals surface area contributed by atoms with Gasteiger partial charge in [-0.05, 0) is 50.8 Å². The zero-order chi connectivity index (χ0) is 24.4. The van der Waals surface area contributed by atoms with Crippen LogP contribution in [-0.2, 0) is 11.0 Å². The molecule has 1 heterocycles. The van der Waals surface area contributed by atoms with Gasteiger partial charge >= 0.3 is 18.2 Å². The van der Waals surface area contributed by atoms with Gasteiger partial charge in [0.05, 0.1) is 21.7 Å². The second-order valence-corrected chi connectivity index (χ2v) is 11.2. The second-order valence-electron chi connectivity index (χ2n) is 8.25. The molecular formula is C21H23F4N3O3S2. The predicted octanol–water partition coefficient (Wildman–Crippen LogP) is 6.49. The van der Waals surface area contributed by atoms with Gasteiger partial charge in [0, 0.05) is 6.54 Å². The van der Waals surface area contributed by atoms with Crippen molar-refractivity contribution in [3.05, 3.63) is 35.8 Å². The number of carbonyl (C=O) groups is 2. The molecule has 0 aliphatic heterocycles. The average molecular weight is 506 g/mol. The number of nitrogens with one attached hydrogen (secondary N) is 1. The van der Waals surface area contributed by atoms with Crippen LogP contribution in [0, 0.1) is 11.7 Å². The minimum Gasteiger partial charge on any atom is -0.480 e. The molecule has 1 saturated carbocycles. The summed E-state index contributed by atoms with van der Waals surface area (Å²) in [6, 6.07) is 1.43. The van der Waals surface area contributed by atoms with E-state index in [0.717, 1.165) is 65.8 Å². The lowest BCUT2D eigenvalue weighted by atomic mass is 10.1. The highest BCUT2D eigenvalue weighted by molar-refractivity contribution is 8.03. The molecule has 2 aromatic rings. The van der Waals surface area contributed by atoms with Gasteiger partial charge < -0.3 is 5.11 Å². The number of aliphatic carboxylic acids is 1. The van der Waals surface area contributed by atoms with Crippen LogP contribution in [0.1, 0.15) is 45.1 Å². The number of rotatable bonds is 7. The molecule has 0 bridgehead atoms. The third-order valence-electron chi connectivity index (χ3n) is 5.28. The first-order valence-electron chi connectivity index (χ1n) is 10.2. The van der Waals surface area contributed by atoms with Crippen LogP contribution in [0.4, 0.5) is 33.2 Å². The van der Waals surface area contributed by atoms with Crippen molar-refractivity contribution in [2.24, 2.45) is 5.92 Å². The second kappa shape index (κ2) is 9.88. The number of nitrogens with zero attached hydrogens (tertiary/aromatic N) is 2. The number of thioether (sulfide) groups is 1. The van der Waals surface area contributed by atoms with Gasteiger partial charge in [-0.3, -0.25) is 15.0 Å². The topological polar surface area (TPSA) is 82.5 Å². The van der Waals surface area contributed by atoms with Gasteiger partial charge in [-0.2, -0.15) is 13.2 Å². The number of carboxylic acids is 1. The number of benzene rings is 1. The quantitative estimate of drug-likeness (QED) is 0.332. The van der Waals surface area contributed by atoms with Crippen LogP contribution in [0.5, 0.6) is 0 Å². The standard InChI is InChI=1S/C21H23F4N3O3S2/c1-20(2,17(29)30)33-16-10-26-18(32-16)27-19(31)28(11-12-5-3-4-6-12)15-8-7-13(22)9-14(15)21(23,24)25/h7-10,12H,3-6,11H2,1-2H3,(H,29,30)(H,26,27,31). The number of halogens is 4. The van der Waals surface area contributed by atoms with Crippen molar-refractivity contribution in [2.75, 3.05) is 16.8 Å². The van der Waals surface area contributed by atoms with Crippen LogP contribution < -0.4 is 10.2 Å². The molecule has 2 amide bonds. The fourth-order valence-electron chi connectivity index (χ4n) is 3.53. The fourth-order valence-corrected chi connectivity index (χ4v) is 5.79. The van der Waals surface area contributed by atoms with E-state index in [1.54, 1.807) is 0 Å². The minimum atomic E-state index is -4.85. The maximum absolute atomic E-state index is 13.6. The van der Waals surface area contributed by atoms with Crippen LogP contribution in [-0.4, -0.2) is 33.4 Å². The third-order valence-corrected chi connectivity index (χ3v) is 7.48. The number of hydrogen-bond acceptors (Lipinski definition) is 5. The Bertz CT molecular complexity index is 1020. The molecule has 0 atom stereocenters. The van der Waals surface area contributed by atoms with Crippen molar-refractivity contribution in [1.82, 2.24) is 4.98 Å². The highest BCUT2D eigenvalue weighted by Gasteiger charge is 2.37. The summed E-state index contributed by atoms with van der Waals surface area (Å²) >= 11 is 2.06. The molecule has 2 N–H and O–H groups in total. The van der Waals surface area contributed by atoms with Crippen molar-refractivity contribution >= 4 is 45.9 Å². The number of amides is 2. The molecular weight excluding hydrogens is 482 g/mol. The molecule has 33 heavy (non-hydrogen) atoms. The van der Waals surface area contributed by atoms with E-state index < -0.39 is 40.0 Å². The molecule has 1 aliphatic rings. The van der Waals surface area contributed by atoms with Gasteiger partial charge in [0.1, 0.15) is 10.6 Å². The molecule has 6 nitrogen and oxygen atoms in total. The molecule has 3 rings (SSSR count). The van der Waals surface area contributed by atoms with E-state index in [1.165, 1.54) is 20.0 Å². The summed E-state index contributed by atoms with van der Waals surface area (Å²) in [6.45, 7) is 3.10. The number of aromatic nitrogens is 1. The summed E-state index contributed by atoms with van der Waals surface area (Å²) in [4.78, 5) is 29.5. The summed E-state index contributed by atoms with van der Waals surface area (Å²) in [6.07, 6.45) is -0.0114. The first-order chi connectivity index (χ1) is 15.4. The van der Waals surface area contributed by atoms with Crippen LogP contribution >= 0.6 is 23.1 Å². The molecule has 0 spiro atoms. The maximum atomic E-state index is 13.6. The Balaban J connectivity index is 1.87. The maximum Gasteiger partial charge on any atom is 0.418 e. The van der Waals surface area contributed by atoms with Crippen molar-refractivity contribution in [3.63, 3.8) is 0 Å². The van der Waals surface area contributed by atoms with Gasteiger partial charge in [-0.25, -0.2) is 14.2 Å². The number of carboxylic acid groups (broad SMARTS) is 1. The van der Waals surface area contributed by atoms with Crippen molar-refractivity contribution < 1.29 is 32.3 Å². The number of urea groups is 1. The van der Waals surface area contributed by atoms with Gasteiger partial charge in [-0.15, -0.1) is 0 Å². The highest BCUT2D eigenvalue weighted by atomic mass is 32.2. The van der Waals surface area contributed by atoms with E-state index in [9.17, 15) is 32.3 Å². The molecule has 0 saturated heterocycles. The van der Waals surface area contributed by atoms with Crippen LogP contribution in [0.15, 0.2) is 28.6 Å². The van der Waals surface area contributed by atoms with E-state index in [1.807, 2.05) is 0 Å². The Hall–Kier alpha value is -2.34. The van der Waals surface area contributed by atoms with Crippen LogP contribution in [0.25, 0.3) is 0 Å². The average Bonchev–Trinajstić information content (AvgIpc) is 3.37. The zero-order valence-corrected chi connectivity index (χ0v) is 19.5. The van der Waals surface area contributed by atoms with Gasteiger partial charge in [0.2, 0.25) is 0 Å². The monoisotopic (exact) mass is 505 g/mol. The summed E-state index contributed by atoms with van der Waals surface area (Å²) < 4.78 is 53.9. The molecule has 1 fully saturated rings. The lowest BCUT2D eigenvalue weighted by molar-refractivity contribution is -0.139. The Morgan fingerprint density at radius 2 is 1.94 bits per heavy atom. The van der Waals surface area contributed by atoms with E-state index >= 15 is 0 Å². The minimum absolute atomic E-state index is 0.0284. The van der Waals surface area contributed by atoms with E-state index in [4.69, 9.17) is 0 Å². The number of anilines is 2. The lowest BCUT2D eigenvalue weighted by Crippen LogP contribution is -2.39. The highest BCUT2D eigenvalue weighted by Crippen LogP contribution is 2.40. The van der Waals surface area contributed by atoms with Crippen LogP contribution in [0.2, 0.25) is 0 Å². The SMILES string of the molecule is CC(C)(Sc1cnc(NC(=O)N(CC2CCCC2)c2ccc(F)cc2C(F)(F)F)s1)C(=O)O. The number of thiazole rings is 1. The third kappa shape index (κ3) is 6.38. The van der Waals surface area contributed by atoms with Crippen molar-refractivity contribution in [2.45, 2.75) is 54.7 Å². The Kier molecular flexibility index (Phi) is 7.57. The van der Waals surface area contributed by atoms with E-state index in [-0.39, 0.29) is 17.6 Å². The van der Waals surface area contributed by atoms with E-state index in [0.29, 0.717) is 10.3 Å². The lowest BCUT2D eigenvalue weighted by Gasteiger charge is -2.28.